The molecule has 768 valence electrons. The SMILES string of the molecule is C/C(=N\C#N)N(C)Cc1ccc(Cl)nc1.CC[C@H](C)[C@H]1O[C@]2(C=C[C@@H]1C)C[C@@H]1C[C@@H](C/C=C(\C)[C@@H](O[C@H]3C[C@H](OC)[C@@H](O[C@H]4C[C@H](OC)[C@@H](O)[C@H](C)O4)[C@H](C)O3)[C@@H](C)/C=C/C=C3\CO[C@@H]4[C@H](O)C(C)=C[C@@H](C(=O)O1)[C@]34O)O2.CO[C@H]1C[C@H](O[C@H]2[C@H](C)O[C@@H](O[C@@H]3/C(C)=C/C[C@@H]4C[C@@H](C[C@]5(C=C[C@H](C)[C@@H](C(C)C)O5)O4)OC(=O)[C@@H]4C=C(C)[C@@H](O)[C@H]5OC/C(=C\C=C\[C@@H]3C)[C@]54O)C[C@@H]2OC)O[C@@H](C)[C@@H]1O. The Hall–Kier alpha value is -6.22. The van der Waals surface area contributed by atoms with Crippen molar-refractivity contribution < 1.29 is 135 Å². The Balaban J connectivity index is 0.000000202. The van der Waals surface area contributed by atoms with Crippen LogP contribution in [0.4, 0.5) is 0 Å². The lowest BCUT2D eigenvalue weighted by atomic mass is 9.71. The number of halogens is 1. The van der Waals surface area contributed by atoms with E-state index in [9.17, 15) is 40.2 Å². The minimum absolute atomic E-state index is 0.0313. The molecule has 0 saturated carbocycles. The first kappa shape index (κ1) is 109. The first-order valence-corrected chi connectivity index (χ1v) is 49.9. The lowest BCUT2D eigenvalue weighted by Crippen LogP contribution is -2.58. The van der Waals surface area contributed by atoms with Gasteiger partial charge in [-0.15, -0.1) is 0 Å². The number of carbonyl (C=O) groups is 2. The Morgan fingerprint density at radius 2 is 0.971 bits per heavy atom. The van der Waals surface area contributed by atoms with E-state index in [1.54, 1.807) is 106 Å². The summed E-state index contributed by atoms with van der Waals surface area (Å²) in [6, 6.07) is 3.63. The van der Waals surface area contributed by atoms with Crippen LogP contribution >= 0.6 is 11.6 Å². The fraction of sp³-hybridized carbons (Fsp3) is 0.724. The fourth-order valence-corrected chi connectivity index (χ4v) is 22.2. The Morgan fingerprint density at radius 1 is 0.558 bits per heavy atom. The van der Waals surface area contributed by atoms with E-state index in [1.807, 2.05) is 82.2 Å². The van der Waals surface area contributed by atoms with Crippen LogP contribution in [-0.2, 0) is 111 Å². The highest BCUT2D eigenvalue weighted by atomic mass is 35.5. The lowest BCUT2D eigenvalue weighted by Gasteiger charge is -2.48. The number of nitrogens with zero attached hydrogens (tertiary/aromatic N) is 4. The van der Waals surface area contributed by atoms with Crippen LogP contribution in [0.25, 0.3) is 0 Å². The summed E-state index contributed by atoms with van der Waals surface area (Å²) in [4.78, 5) is 38.1. The average Bonchev–Trinajstić information content (AvgIpc) is 1.57. The molecular formula is C105H153ClN4O28. The molecule has 0 amide bonds. The van der Waals surface area contributed by atoms with Crippen LogP contribution in [0, 0.1) is 58.8 Å². The summed E-state index contributed by atoms with van der Waals surface area (Å²) in [5.41, 5.74) is 1.29. The maximum atomic E-state index is 14.3. The molecule has 39 atom stereocenters. The first-order chi connectivity index (χ1) is 65.6. The molecule has 2 spiro atoms. The van der Waals surface area contributed by atoms with Gasteiger partial charge in [0.05, 0.1) is 98.7 Å². The number of rotatable bonds is 17. The Kier molecular flexibility index (Phi) is 37.4. The molecule has 0 aromatic carbocycles. The zero-order chi connectivity index (χ0) is 99.9. The van der Waals surface area contributed by atoms with E-state index < -0.39 is 182 Å². The van der Waals surface area contributed by atoms with Gasteiger partial charge in [-0.3, -0.25) is 9.59 Å². The second kappa shape index (κ2) is 47.3. The molecule has 0 unspecified atom stereocenters. The number of aromatic nitrogens is 1. The predicted molar refractivity (Wildman–Crippen MR) is 509 cm³/mol. The number of aliphatic hydroxyl groups is 6. The van der Waals surface area contributed by atoms with E-state index in [0.717, 1.165) is 23.1 Å². The zero-order valence-electron chi connectivity index (χ0n) is 84.3. The van der Waals surface area contributed by atoms with Gasteiger partial charge in [-0.05, 0) is 144 Å². The number of carbonyl (C=O) groups excluding carboxylic acids is 2. The summed E-state index contributed by atoms with van der Waals surface area (Å²) in [6.07, 6.45) is 19.5. The molecule has 0 radical (unpaired) electrons. The summed E-state index contributed by atoms with van der Waals surface area (Å²) in [6.45, 7) is 34.5. The van der Waals surface area contributed by atoms with Gasteiger partial charge in [-0.2, -0.15) is 10.3 Å². The summed E-state index contributed by atoms with van der Waals surface area (Å²) in [5, 5.41) is 77.3. The van der Waals surface area contributed by atoms with Crippen molar-refractivity contribution in [3.63, 3.8) is 0 Å². The van der Waals surface area contributed by atoms with Crippen LogP contribution in [0.15, 0.2) is 142 Å². The topological polar surface area (TPSA) is 392 Å². The number of hydrogen-bond donors (Lipinski definition) is 6. The van der Waals surface area contributed by atoms with Crippen molar-refractivity contribution in [2.24, 2.45) is 52.3 Å². The van der Waals surface area contributed by atoms with E-state index in [2.05, 4.69) is 89.7 Å². The van der Waals surface area contributed by atoms with E-state index >= 15 is 0 Å². The molecular weight excluding hydrogens is 1800 g/mol. The van der Waals surface area contributed by atoms with Crippen molar-refractivity contribution >= 4 is 29.4 Å². The van der Waals surface area contributed by atoms with Gasteiger partial charge in [-0.25, -0.2) is 4.98 Å². The molecule has 33 heteroatoms. The van der Waals surface area contributed by atoms with E-state index in [-0.39, 0.29) is 85.3 Å². The van der Waals surface area contributed by atoms with E-state index in [1.165, 1.54) is 0 Å². The number of esters is 2. The molecule has 1 aromatic rings. The molecule has 8 saturated heterocycles. The highest BCUT2D eigenvalue weighted by molar-refractivity contribution is 6.29. The summed E-state index contributed by atoms with van der Waals surface area (Å²) < 4.78 is 127. The number of ether oxygens (including phenoxy) is 20. The van der Waals surface area contributed by atoms with Crippen LogP contribution in [0.1, 0.15) is 194 Å². The molecule has 138 heavy (non-hydrogen) atoms. The molecule has 12 aliphatic heterocycles. The van der Waals surface area contributed by atoms with E-state index in [4.69, 9.17) is 112 Å². The van der Waals surface area contributed by atoms with Gasteiger partial charge in [0.15, 0.2) is 36.7 Å². The first-order valence-electron chi connectivity index (χ1n) is 49.6. The highest BCUT2D eigenvalue weighted by Crippen LogP contribution is 2.51. The maximum Gasteiger partial charge on any atom is 0.316 e. The third-order valence-corrected chi connectivity index (χ3v) is 30.7. The summed E-state index contributed by atoms with van der Waals surface area (Å²) >= 11 is 5.67. The van der Waals surface area contributed by atoms with Crippen molar-refractivity contribution in [3.05, 3.63) is 148 Å². The largest absolute Gasteiger partial charge is 0.462 e. The second-order valence-corrected chi connectivity index (χ2v) is 41.3. The molecule has 8 fully saturated rings. The van der Waals surface area contributed by atoms with Gasteiger partial charge in [0, 0.05) is 123 Å². The van der Waals surface area contributed by atoms with Crippen LogP contribution < -0.4 is 0 Å². The third kappa shape index (κ3) is 24.8. The smallest absolute Gasteiger partial charge is 0.316 e. The van der Waals surface area contributed by atoms with Crippen molar-refractivity contribution in [1.29, 1.82) is 5.26 Å². The minimum atomic E-state index is -1.84. The maximum absolute atomic E-state index is 14.3. The molecule has 15 rings (SSSR count). The molecule has 4 bridgehead atoms. The van der Waals surface area contributed by atoms with Gasteiger partial charge in [0.2, 0.25) is 6.19 Å². The van der Waals surface area contributed by atoms with Crippen molar-refractivity contribution in [1.82, 2.24) is 9.88 Å². The quantitative estimate of drug-likeness (QED) is 0.0211. The zero-order valence-corrected chi connectivity index (χ0v) is 85.1. The van der Waals surface area contributed by atoms with Gasteiger partial charge in [0.1, 0.15) is 95.1 Å². The monoisotopic (exact) mass is 1950 g/mol. The van der Waals surface area contributed by atoms with Crippen molar-refractivity contribution in [3.8, 4) is 6.19 Å². The van der Waals surface area contributed by atoms with Crippen LogP contribution in [-0.4, -0.2) is 301 Å². The van der Waals surface area contributed by atoms with Crippen LogP contribution in [0.3, 0.4) is 0 Å². The number of hydrogen-bond acceptors (Lipinski definition) is 31. The van der Waals surface area contributed by atoms with Gasteiger partial charge < -0.3 is 130 Å². The van der Waals surface area contributed by atoms with Crippen LogP contribution in [0.5, 0.6) is 0 Å². The third-order valence-electron chi connectivity index (χ3n) is 30.4. The highest BCUT2D eigenvalue weighted by Gasteiger charge is 2.63. The fourth-order valence-electron chi connectivity index (χ4n) is 22.0. The Labute approximate surface area is 819 Å². The van der Waals surface area contributed by atoms with E-state index in [0.29, 0.717) is 104 Å². The molecule has 2 aliphatic carbocycles. The normalized spacial score (nSPS) is 45.1. The number of nitriles is 1. The van der Waals surface area contributed by atoms with Gasteiger partial charge >= 0.3 is 11.9 Å². The van der Waals surface area contributed by atoms with Gasteiger partial charge in [-0.1, -0.05) is 152 Å². The number of aliphatic imine (C=N–C) groups is 1. The molecule has 32 nitrogen and oxygen atoms in total. The predicted octanol–water partition coefficient (Wildman–Crippen LogP) is 12.4. The number of allylic oxidation sites excluding steroid dienone is 4. The molecule has 1 aromatic heterocycles. The minimum Gasteiger partial charge on any atom is -0.462 e. The average molecular weight is 1950 g/mol. The lowest BCUT2D eigenvalue weighted by molar-refractivity contribution is -0.318. The number of fused-ring (bicyclic) bond motifs is 4. The van der Waals surface area contributed by atoms with Crippen molar-refractivity contribution in [2.45, 2.75) is 389 Å². The number of methoxy groups -OCH3 is 4. The number of pyridine rings is 1. The molecule has 13 heterocycles. The Bertz CT molecular complexity index is 4670. The van der Waals surface area contributed by atoms with Gasteiger partial charge in [0.25, 0.3) is 0 Å². The second-order valence-electron chi connectivity index (χ2n) is 40.9. The molecule has 14 aliphatic rings. The molecule has 6 N–H and O–H groups in total. The number of aliphatic hydroxyl groups excluding tert-OH is 4. The Morgan fingerprint density at radius 3 is 1.38 bits per heavy atom. The van der Waals surface area contributed by atoms with Crippen molar-refractivity contribution in [2.75, 3.05) is 48.7 Å². The van der Waals surface area contributed by atoms with Crippen LogP contribution in [0.2, 0.25) is 5.15 Å². The summed E-state index contributed by atoms with van der Waals surface area (Å²) in [7, 11) is 8.30. The number of amidine groups is 1. The standard InChI is InChI=1S/C48H72O14.C47H70O14.C10H11ClN4/c1-11-25(2)43-28(5)17-18-47(62-43)23-34-20-33(61-47)16-15-27(4)42(26(3)13-12-14-32-24-55-45-40(49)29(6)19-35(46(51)58-34)48(32,45)52)59-39-22-37(54-10)44(31(8)57-39)60-38-21-36(53-9)41(50)30(7)56-38;1-24(2)41-27(5)16-17-46(61-41)22-33-19-32(60-46)15-14-26(4)42(25(3)12-11-13-31-23-54-44-39(48)28(6)18-34(45(50)57-33)47(31,44)51)58-38-21-36(53-10)43(30(8)56-38)59-37-20-35(52-9)40(49)29(7)55-37;1-8(14-7-12)15(2)6-9-3-4-10(11)13-5-9/h12-15,17-19,25-26,28,30-31,33-45,49-50,52H,11,16,20-24H2,1-10H3;11-14,16-18,24-25,27,29-30,32-44,48-49,51H,15,19-23H2,1-10H3;3-5H,6H2,1-2H3/b13-12+,27-15+,32-14+;12-11+,26-14+,31-13+;14-8+/t25-,26-,28-,30-,31-,33+,34-,35-,36-,37-,38-,39-,40+,41-,42-,43+,44-,45+,47+,48+;25-,27-,29-,30-,32+,33-,34-,35-,36-,37-,38-,39+,40-,41+,42-,43-,44+,46+,47+;/m00./s1. The summed E-state index contributed by atoms with van der Waals surface area (Å²) in [5.74, 6) is -4.51.